The van der Waals surface area contributed by atoms with E-state index < -0.39 is 21.9 Å². The number of carbonyl (C=O) groups excluding carboxylic acids is 1. The van der Waals surface area contributed by atoms with Gasteiger partial charge < -0.3 is 25.3 Å². The predicted molar refractivity (Wildman–Crippen MR) is 111 cm³/mol. The number of likely N-dealkylation sites (tertiary alicyclic amines) is 1. The standard InChI is InChI=1S/C18H28N4O4S.CH2O2/c1-27(25,26)14-4-5-17(20-12-14)22-10-6-16(23)15(13-22)18(24)19-7-11-21-8-2-3-9-21;2-1-3/h4-5,12,15-16,23H,2-3,6-11,13H2,1H3,(H,19,24);1H,(H,2,3)/t15-,16+;/m0./s1. The lowest BCUT2D eigenvalue weighted by molar-refractivity contribution is -0.129. The number of aliphatic hydroxyl groups excluding tert-OH is 1. The lowest BCUT2D eigenvalue weighted by atomic mass is 9.93. The second-order valence-electron chi connectivity index (χ2n) is 7.48. The molecule has 11 heteroatoms. The molecule has 0 unspecified atom stereocenters. The van der Waals surface area contributed by atoms with Crippen LogP contribution < -0.4 is 10.2 Å². The Labute approximate surface area is 176 Å². The Balaban J connectivity index is 0.00000101. The lowest BCUT2D eigenvalue weighted by Crippen LogP contribution is -2.51. The molecule has 0 saturated carbocycles. The minimum Gasteiger partial charge on any atom is -0.483 e. The Hall–Kier alpha value is -2.24. The largest absolute Gasteiger partial charge is 0.483 e. The minimum absolute atomic E-state index is 0.140. The maximum absolute atomic E-state index is 12.5. The molecule has 0 aromatic carbocycles. The monoisotopic (exact) mass is 442 g/mol. The van der Waals surface area contributed by atoms with E-state index in [0.29, 0.717) is 31.9 Å². The van der Waals surface area contributed by atoms with Gasteiger partial charge in [0.15, 0.2) is 9.84 Å². The first-order chi connectivity index (χ1) is 14.3. The molecule has 1 aromatic rings. The number of piperidine rings is 1. The summed E-state index contributed by atoms with van der Waals surface area (Å²) in [5.74, 6) is -0.0444. The number of carboxylic acid groups (broad SMARTS) is 1. The van der Waals surface area contributed by atoms with Crippen molar-refractivity contribution < 1.29 is 28.2 Å². The average molecular weight is 443 g/mol. The predicted octanol–water partition coefficient (Wildman–Crippen LogP) is -0.415. The number of anilines is 1. The van der Waals surface area contributed by atoms with Crippen LogP contribution in [0.2, 0.25) is 0 Å². The maximum Gasteiger partial charge on any atom is 0.290 e. The van der Waals surface area contributed by atoms with Gasteiger partial charge in [-0.1, -0.05) is 0 Å². The molecule has 30 heavy (non-hydrogen) atoms. The molecule has 3 N–H and O–H groups in total. The molecule has 3 heterocycles. The molecule has 2 aliphatic rings. The van der Waals surface area contributed by atoms with E-state index >= 15 is 0 Å². The quantitative estimate of drug-likeness (QED) is 0.501. The molecule has 2 atom stereocenters. The van der Waals surface area contributed by atoms with Crippen molar-refractivity contribution in [1.29, 1.82) is 0 Å². The fourth-order valence-corrected chi connectivity index (χ4v) is 4.22. The fourth-order valence-electron chi connectivity index (χ4n) is 3.66. The van der Waals surface area contributed by atoms with Crippen molar-refractivity contribution in [2.24, 2.45) is 5.92 Å². The maximum atomic E-state index is 12.5. The SMILES string of the molecule is CS(=O)(=O)c1ccc(N2CC[C@@H](O)[C@@H](C(=O)NCCN3CCCC3)C2)nc1.O=CO. The van der Waals surface area contributed by atoms with E-state index in [-0.39, 0.29) is 17.3 Å². The van der Waals surface area contributed by atoms with Crippen LogP contribution in [0.5, 0.6) is 0 Å². The highest BCUT2D eigenvalue weighted by atomic mass is 32.2. The van der Waals surface area contributed by atoms with Gasteiger partial charge in [0, 0.05) is 38.6 Å². The summed E-state index contributed by atoms with van der Waals surface area (Å²) in [6.07, 6.45) is 4.71. The van der Waals surface area contributed by atoms with E-state index in [2.05, 4.69) is 15.2 Å². The first-order valence-electron chi connectivity index (χ1n) is 9.93. The first kappa shape index (κ1) is 24.0. The minimum atomic E-state index is -3.29. The van der Waals surface area contributed by atoms with Crippen LogP contribution in [0.1, 0.15) is 19.3 Å². The molecule has 2 fully saturated rings. The number of carbonyl (C=O) groups is 2. The number of aromatic nitrogens is 1. The molecule has 3 rings (SSSR count). The van der Waals surface area contributed by atoms with Gasteiger partial charge in [0.25, 0.3) is 6.47 Å². The first-order valence-corrected chi connectivity index (χ1v) is 11.8. The van der Waals surface area contributed by atoms with Crippen molar-refractivity contribution in [1.82, 2.24) is 15.2 Å². The second kappa shape index (κ2) is 11.2. The van der Waals surface area contributed by atoms with Gasteiger partial charge in [-0.15, -0.1) is 0 Å². The number of sulfone groups is 1. The summed E-state index contributed by atoms with van der Waals surface area (Å²) in [6, 6.07) is 3.17. The third-order valence-electron chi connectivity index (χ3n) is 5.31. The fraction of sp³-hybridized carbons (Fsp3) is 0.632. The number of nitrogens with one attached hydrogen (secondary N) is 1. The summed E-state index contributed by atoms with van der Waals surface area (Å²) in [5.41, 5.74) is 0. The molecule has 2 aliphatic heterocycles. The molecule has 0 aliphatic carbocycles. The number of pyridine rings is 1. The lowest BCUT2D eigenvalue weighted by Gasteiger charge is -2.36. The number of amides is 1. The Bertz CT molecular complexity index is 796. The van der Waals surface area contributed by atoms with E-state index in [0.717, 1.165) is 25.9 Å². The summed E-state index contributed by atoms with van der Waals surface area (Å²) in [5, 5.41) is 20.1. The van der Waals surface area contributed by atoms with Gasteiger partial charge in [0.05, 0.1) is 16.9 Å². The van der Waals surface area contributed by atoms with Crippen molar-refractivity contribution in [3.8, 4) is 0 Å². The van der Waals surface area contributed by atoms with Crippen LogP contribution in [-0.4, -0.2) is 92.5 Å². The molecule has 1 aromatic heterocycles. The van der Waals surface area contributed by atoms with Gasteiger partial charge in [0.1, 0.15) is 5.82 Å². The third kappa shape index (κ3) is 6.92. The molecular weight excluding hydrogens is 412 g/mol. The Morgan fingerprint density at radius 2 is 1.97 bits per heavy atom. The molecule has 0 radical (unpaired) electrons. The van der Waals surface area contributed by atoms with Crippen LogP contribution in [0, 0.1) is 5.92 Å². The molecule has 0 spiro atoms. The van der Waals surface area contributed by atoms with E-state index in [4.69, 9.17) is 9.90 Å². The van der Waals surface area contributed by atoms with E-state index in [1.54, 1.807) is 6.07 Å². The van der Waals surface area contributed by atoms with Gasteiger partial charge in [-0.05, 0) is 44.5 Å². The Kier molecular flexibility index (Phi) is 9.00. The topological polar surface area (TPSA) is 140 Å². The number of aliphatic hydroxyl groups is 1. The molecule has 0 bridgehead atoms. The number of hydrogen-bond donors (Lipinski definition) is 3. The summed E-state index contributed by atoms with van der Waals surface area (Å²) >= 11 is 0. The van der Waals surface area contributed by atoms with Crippen molar-refractivity contribution in [2.75, 3.05) is 50.4 Å². The van der Waals surface area contributed by atoms with Crippen LogP contribution in [-0.2, 0) is 19.4 Å². The van der Waals surface area contributed by atoms with Crippen LogP contribution in [0.4, 0.5) is 5.82 Å². The van der Waals surface area contributed by atoms with Crippen molar-refractivity contribution in [3.63, 3.8) is 0 Å². The van der Waals surface area contributed by atoms with Gasteiger partial charge in [0.2, 0.25) is 5.91 Å². The Morgan fingerprint density at radius 1 is 1.30 bits per heavy atom. The summed E-state index contributed by atoms with van der Waals surface area (Å²) < 4.78 is 23.1. The van der Waals surface area contributed by atoms with Crippen LogP contribution in [0.15, 0.2) is 23.2 Å². The molecule has 1 amide bonds. The van der Waals surface area contributed by atoms with Crippen LogP contribution in [0.25, 0.3) is 0 Å². The van der Waals surface area contributed by atoms with Gasteiger partial charge in [-0.2, -0.15) is 0 Å². The third-order valence-corrected chi connectivity index (χ3v) is 6.41. The number of rotatable bonds is 6. The molecular formula is C19H30N4O6S. The normalized spacial score (nSPS) is 22.1. The summed E-state index contributed by atoms with van der Waals surface area (Å²) in [6.45, 7) is 4.29. The highest BCUT2D eigenvalue weighted by Crippen LogP contribution is 2.23. The van der Waals surface area contributed by atoms with Crippen molar-refractivity contribution >= 4 is 28.0 Å². The zero-order chi connectivity index (χ0) is 22.1. The van der Waals surface area contributed by atoms with E-state index in [1.807, 2.05) is 4.90 Å². The van der Waals surface area contributed by atoms with E-state index in [9.17, 15) is 18.3 Å². The molecule has 2 saturated heterocycles. The van der Waals surface area contributed by atoms with E-state index in [1.165, 1.54) is 25.1 Å². The highest BCUT2D eigenvalue weighted by Gasteiger charge is 2.33. The zero-order valence-corrected chi connectivity index (χ0v) is 17.9. The van der Waals surface area contributed by atoms with Gasteiger partial charge in [-0.25, -0.2) is 13.4 Å². The van der Waals surface area contributed by atoms with Crippen LogP contribution >= 0.6 is 0 Å². The van der Waals surface area contributed by atoms with Gasteiger partial charge in [-0.3, -0.25) is 9.59 Å². The molecule has 10 nitrogen and oxygen atoms in total. The number of hydrogen-bond acceptors (Lipinski definition) is 8. The zero-order valence-electron chi connectivity index (χ0n) is 17.1. The average Bonchev–Trinajstić information content (AvgIpc) is 3.22. The number of nitrogens with zero attached hydrogens (tertiary/aromatic N) is 3. The smallest absolute Gasteiger partial charge is 0.290 e. The Morgan fingerprint density at radius 3 is 2.53 bits per heavy atom. The molecule has 168 valence electrons. The van der Waals surface area contributed by atoms with Crippen molar-refractivity contribution in [2.45, 2.75) is 30.3 Å². The summed E-state index contributed by atoms with van der Waals surface area (Å²) in [7, 11) is -3.29. The second-order valence-corrected chi connectivity index (χ2v) is 9.49. The highest BCUT2D eigenvalue weighted by molar-refractivity contribution is 7.90. The summed E-state index contributed by atoms with van der Waals surface area (Å²) in [4.78, 5) is 29.5. The van der Waals surface area contributed by atoms with Crippen LogP contribution in [0.3, 0.4) is 0 Å². The van der Waals surface area contributed by atoms with Crippen molar-refractivity contribution in [3.05, 3.63) is 18.3 Å². The van der Waals surface area contributed by atoms with Gasteiger partial charge >= 0.3 is 0 Å².